The van der Waals surface area contributed by atoms with Gasteiger partial charge in [-0.3, -0.25) is 5.10 Å². The van der Waals surface area contributed by atoms with E-state index < -0.39 is 0 Å². The largest absolute Gasteiger partial charge is 0.465 e. The fourth-order valence-electron chi connectivity index (χ4n) is 1.14. The van der Waals surface area contributed by atoms with Gasteiger partial charge in [0.25, 0.3) is 0 Å². The average Bonchev–Trinajstić information content (AvgIpc) is 2.63. The molecule has 2 rings (SSSR count). The summed E-state index contributed by atoms with van der Waals surface area (Å²) in [6.45, 7) is 0. The van der Waals surface area contributed by atoms with E-state index in [1.807, 2.05) is 0 Å². The topological polar surface area (TPSA) is 67.9 Å². The molecule has 0 spiro atoms. The molecule has 0 aliphatic heterocycles. The first-order valence-corrected chi connectivity index (χ1v) is 3.69. The van der Waals surface area contributed by atoms with Crippen LogP contribution in [0.5, 0.6) is 0 Å². The van der Waals surface area contributed by atoms with Crippen LogP contribution in [0, 0.1) is 0 Å². The van der Waals surface area contributed by atoms with Gasteiger partial charge in [-0.15, -0.1) is 12.4 Å². The molecule has 74 valence electrons. The van der Waals surface area contributed by atoms with Crippen molar-refractivity contribution < 1.29 is 9.53 Å². The van der Waals surface area contributed by atoms with Crippen LogP contribution >= 0.6 is 12.4 Å². The summed E-state index contributed by atoms with van der Waals surface area (Å²) in [5.41, 5.74) is 1.06. The minimum absolute atomic E-state index is 0. The van der Waals surface area contributed by atoms with Crippen molar-refractivity contribution in [3.05, 3.63) is 24.0 Å². The Morgan fingerprint density at radius 3 is 3.07 bits per heavy atom. The molecule has 0 atom stereocenters. The van der Waals surface area contributed by atoms with E-state index in [9.17, 15) is 4.79 Å². The fraction of sp³-hybridized carbons (Fsp3) is 0.125. The monoisotopic (exact) mass is 213 g/mol. The van der Waals surface area contributed by atoms with Crippen molar-refractivity contribution in [2.24, 2.45) is 0 Å². The summed E-state index contributed by atoms with van der Waals surface area (Å²) in [5, 5.41) is 7.13. The van der Waals surface area contributed by atoms with Gasteiger partial charge in [-0.1, -0.05) is 0 Å². The molecule has 0 saturated carbocycles. The molecular weight excluding hydrogens is 206 g/mol. The number of esters is 1. The lowest BCUT2D eigenvalue weighted by Crippen LogP contribution is -2.01. The van der Waals surface area contributed by atoms with Crippen molar-refractivity contribution in [1.29, 1.82) is 0 Å². The normalized spacial score (nSPS) is 9.50. The smallest absolute Gasteiger partial charge is 0.338 e. The fourth-order valence-corrected chi connectivity index (χ4v) is 1.14. The molecular formula is C8H8ClN3O2. The number of nitrogens with one attached hydrogen (secondary N) is 1. The van der Waals surface area contributed by atoms with Gasteiger partial charge in [-0.25, -0.2) is 9.78 Å². The Morgan fingerprint density at radius 1 is 1.57 bits per heavy atom. The number of aromatic amines is 1. The molecule has 0 saturated heterocycles. The highest BCUT2D eigenvalue weighted by Gasteiger charge is 2.10. The molecule has 0 radical (unpaired) electrons. The molecule has 0 unspecified atom stereocenters. The highest BCUT2D eigenvalue weighted by molar-refractivity contribution is 6.02. The van der Waals surface area contributed by atoms with Crippen molar-refractivity contribution in [3.8, 4) is 0 Å². The van der Waals surface area contributed by atoms with Crippen molar-refractivity contribution in [2.45, 2.75) is 0 Å². The van der Waals surface area contributed by atoms with Gasteiger partial charge < -0.3 is 4.74 Å². The van der Waals surface area contributed by atoms with Crippen LogP contribution in [-0.4, -0.2) is 28.3 Å². The van der Waals surface area contributed by atoms with E-state index in [0.717, 1.165) is 0 Å². The molecule has 2 aromatic heterocycles. The quantitative estimate of drug-likeness (QED) is 0.722. The Kier molecular flexibility index (Phi) is 3.03. The molecule has 2 aromatic rings. The Labute approximate surface area is 85.9 Å². The average molecular weight is 214 g/mol. The second-order valence-corrected chi connectivity index (χ2v) is 2.48. The van der Waals surface area contributed by atoms with E-state index in [1.165, 1.54) is 13.3 Å². The Balaban J connectivity index is 0.000000980. The highest BCUT2D eigenvalue weighted by atomic mass is 35.5. The molecule has 0 bridgehead atoms. The van der Waals surface area contributed by atoms with Gasteiger partial charge in [-0.2, -0.15) is 5.10 Å². The number of nitrogens with zero attached hydrogens (tertiary/aromatic N) is 2. The SMILES string of the molecule is COC(=O)c1ccnc2[nH]ncc12.Cl. The van der Waals surface area contributed by atoms with Gasteiger partial charge in [0.2, 0.25) is 0 Å². The highest BCUT2D eigenvalue weighted by Crippen LogP contribution is 2.13. The third kappa shape index (κ3) is 1.54. The summed E-state index contributed by atoms with van der Waals surface area (Å²) in [4.78, 5) is 15.2. The molecule has 0 aliphatic rings. The second kappa shape index (κ2) is 4.06. The molecule has 0 aromatic carbocycles. The number of hydrogen-bond acceptors (Lipinski definition) is 4. The summed E-state index contributed by atoms with van der Waals surface area (Å²) in [6, 6.07) is 1.60. The number of carbonyl (C=O) groups excluding carboxylic acids is 1. The van der Waals surface area contributed by atoms with Gasteiger partial charge in [-0.05, 0) is 6.07 Å². The predicted octanol–water partition coefficient (Wildman–Crippen LogP) is 1.17. The first kappa shape index (κ1) is 10.5. The van der Waals surface area contributed by atoms with Gasteiger partial charge in [0.05, 0.1) is 24.3 Å². The maximum Gasteiger partial charge on any atom is 0.338 e. The number of fused-ring (bicyclic) bond motifs is 1. The third-order valence-corrected chi connectivity index (χ3v) is 1.76. The van der Waals surface area contributed by atoms with E-state index in [4.69, 9.17) is 0 Å². The number of rotatable bonds is 1. The van der Waals surface area contributed by atoms with E-state index in [1.54, 1.807) is 12.3 Å². The molecule has 0 amide bonds. The van der Waals surface area contributed by atoms with Gasteiger partial charge in [0, 0.05) is 6.20 Å². The molecule has 2 heterocycles. The van der Waals surface area contributed by atoms with E-state index in [-0.39, 0.29) is 18.4 Å². The lowest BCUT2D eigenvalue weighted by molar-refractivity contribution is 0.0603. The maximum atomic E-state index is 11.2. The van der Waals surface area contributed by atoms with Gasteiger partial charge >= 0.3 is 5.97 Å². The number of ether oxygens (including phenoxy) is 1. The molecule has 6 heteroatoms. The Hall–Kier alpha value is -1.62. The predicted molar refractivity (Wildman–Crippen MR) is 52.5 cm³/mol. The van der Waals surface area contributed by atoms with Crippen LogP contribution < -0.4 is 0 Å². The number of halogens is 1. The van der Waals surface area contributed by atoms with E-state index in [2.05, 4.69) is 19.9 Å². The molecule has 14 heavy (non-hydrogen) atoms. The maximum absolute atomic E-state index is 11.2. The Morgan fingerprint density at radius 2 is 2.36 bits per heavy atom. The van der Waals surface area contributed by atoms with Crippen LogP contribution in [-0.2, 0) is 4.74 Å². The zero-order chi connectivity index (χ0) is 9.26. The number of carbonyl (C=O) groups is 1. The summed E-state index contributed by atoms with van der Waals surface area (Å²) < 4.78 is 4.61. The van der Waals surface area contributed by atoms with E-state index >= 15 is 0 Å². The number of aromatic nitrogens is 3. The van der Waals surface area contributed by atoms with Crippen molar-refractivity contribution in [1.82, 2.24) is 15.2 Å². The third-order valence-electron chi connectivity index (χ3n) is 1.76. The first-order chi connectivity index (χ1) is 6.33. The van der Waals surface area contributed by atoms with Crippen LogP contribution in [0.25, 0.3) is 11.0 Å². The lowest BCUT2D eigenvalue weighted by Gasteiger charge is -1.98. The van der Waals surface area contributed by atoms with Gasteiger partial charge in [0.15, 0.2) is 5.65 Å². The van der Waals surface area contributed by atoms with E-state index in [0.29, 0.717) is 16.6 Å². The molecule has 0 aliphatic carbocycles. The first-order valence-electron chi connectivity index (χ1n) is 3.69. The number of hydrogen-bond donors (Lipinski definition) is 1. The lowest BCUT2D eigenvalue weighted by atomic mass is 10.2. The Bertz CT molecular complexity index is 455. The zero-order valence-corrected chi connectivity index (χ0v) is 8.17. The van der Waals surface area contributed by atoms with Crippen molar-refractivity contribution in [2.75, 3.05) is 7.11 Å². The van der Waals surface area contributed by atoms with Crippen LogP contribution in [0.4, 0.5) is 0 Å². The summed E-state index contributed by atoms with van der Waals surface area (Å²) in [5.74, 6) is -0.381. The molecule has 1 N–H and O–H groups in total. The number of pyridine rings is 1. The minimum Gasteiger partial charge on any atom is -0.465 e. The van der Waals surface area contributed by atoms with Gasteiger partial charge in [0.1, 0.15) is 0 Å². The summed E-state index contributed by atoms with van der Waals surface area (Å²) in [7, 11) is 1.34. The van der Waals surface area contributed by atoms with Crippen LogP contribution in [0.2, 0.25) is 0 Å². The van der Waals surface area contributed by atoms with Crippen LogP contribution in [0.3, 0.4) is 0 Å². The van der Waals surface area contributed by atoms with Crippen LogP contribution in [0.1, 0.15) is 10.4 Å². The molecule has 0 fully saturated rings. The van der Waals surface area contributed by atoms with Crippen LogP contribution in [0.15, 0.2) is 18.5 Å². The second-order valence-electron chi connectivity index (χ2n) is 2.48. The summed E-state index contributed by atoms with van der Waals surface area (Å²) >= 11 is 0. The minimum atomic E-state index is -0.381. The van der Waals surface area contributed by atoms with Crippen molar-refractivity contribution >= 4 is 29.4 Å². The standard InChI is InChI=1S/C8H7N3O2.ClH/c1-13-8(12)5-2-3-9-7-6(5)4-10-11-7;/h2-4H,1H3,(H,9,10,11);1H. The van der Waals surface area contributed by atoms with Crippen molar-refractivity contribution in [3.63, 3.8) is 0 Å². The number of methoxy groups -OCH3 is 1. The number of H-pyrrole nitrogens is 1. The zero-order valence-electron chi connectivity index (χ0n) is 7.35. The molecule has 5 nitrogen and oxygen atoms in total. The summed E-state index contributed by atoms with van der Waals surface area (Å²) in [6.07, 6.45) is 3.08.